The number of ether oxygens (including phenoxy) is 2. The number of unbranched alkanes of at least 4 members (excludes halogenated alkanes) is 18. The SMILES string of the molecule is CCCC/C=C\CCCCCCCC(=O)OC(COCCCCCCCCCC/C=C\C/C=C\CCCCC)COP(=O)([O-])OCC[N+](C)(C)C. The number of likely N-dealkylation sites (N-methyl/N-ethyl adjacent to an activating group) is 1. The number of rotatable bonds is 38. The van der Waals surface area contributed by atoms with Crippen LogP contribution in [-0.2, 0) is 27.9 Å². The second-order valence-electron chi connectivity index (χ2n) is 15.0. The Morgan fingerprint density at radius 3 is 1.67 bits per heavy atom. The van der Waals surface area contributed by atoms with Crippen LogP contribution in [0.2, 0.25) is 0 Å². The molecule has 9 heteroatoms. The van der Waals surface area contributed by atoms with Gasteiger partial charge in [0.2, 0.25) is 0 Å². The number of hydrogen-bond acceptors (Lipinski definition) is 7. The van der Waals surface area contributed by atoms with Gasteiger partial charge in [-0.3, -0.25) is 9.36 Å². The van der Waals surface area contributed by atoms with E-state index in [1.165, 1.54) is 96.3 Å². The van der Waals surface area contributed by atoms with Crippen LogP contribution >= 0.6 is 7.82 Å². The number of nitrogens with zero attached hydrogens (tertiary/aromatic N) is 1. The van der Waals surface area contributed by atoms with E-state index in [1.54, 1.807) is 0 Å². The number of phosphoric acid groups is 1. The first-order chi connectivity index (χ1) is 24.6. The molecule has 0 saturated carbocycles. The molecule has 0 saturated heterocycles. The minimum Gasteiger partial charge on any atom is -0.756 e. The van der Waals surface area contributed by atoms with Gasteiger partial charge < -0.3 is 27.9 Å². The van der Waals surface area contributed by atoms with Gasteiger partial charge in [-0.15, -0.1) is 0 Å². The summed E-state index contributed by atoms with van der Waals surface area (Å²) in [6, 6.07) is 0. The minimum atomic E-state index is -4.52. The van der Waals surface area contributed by atoms with Gasteiger partial charge >= 0.3 is 5.97 Å². The summed E-state index contributed by atoms with van der Waals surface area (Å²) in [5.74, 6) is -0.348. The van der Waals surface area contributed by atoms with Crippen molar-refractivity contribution in [1.82, 2.24) is 0 Å². The molecule has 0 aromatic carbocycles. The highest BCUT2D eigenvalue weighted by atomic mass is 31.2. The van der Waals surface area contributed by atoms with E-state index in [4.69, 9.17) is 18.5 Å². The van der Waals surface area contributed by atoms with E-state index in [0.717, 1.165) is 51.4 Å². The Balaban J connectivity index is 4.24. The summed E-state index contributed by atoms with van der Waals surface area (Å²) in [6.45, 7) is 5.32. The average Bonchev–Trinajstić information content (AvgIpc) is 3.08. The second-order valence-corrected chi connectivity index (χ2v) is 16.4. The predicted octanol–water partition coefficient (Wildman–Crippen LogP) is 11.2. The van der Waals surface area contributed by atoms with Gasteiger partial charge in [0.15, 0.2) is 0 Å². The number of carbonyl (C=O) groups is 1. The van der Waals surface area contributed by atoms with Crippen LogP contribution in [0.4, 0.5) is 0 Å². The largest absolute Gasteiger partial charge is 0.756 e. The van der Waals surface area contributed by atoms with E-state index >= 15 is 0 Å². The van der Waals surface area contributed by atoms with Crippen molar-refractivity contribution in [2.24, 2.45) is 0 Å². The molecule has 0 radical (unpaired) electrons. The average molecular weight is 742 g/mol. The standard InChI is InChI=1S/C42H80NO7P/c1-6-8-10-12-14-16-18-19-20-21-22-23-24-26-28-30-32-34-37-47-39-41(40-49-51(45,46)48-38-36-43(3,4)5)50-42(44)35-33-31-29-27-25-17-15-13-11-9-7-2/h13-16,19-20,41H,6-12,17-18,21-40H2,1-5H3/b15-13-,16-14-,20-19-. The van der Waals surface area contributed by atoms with Crippen LogP contribution in [0.5, 0.6) is 0 Å². The van der Waals surface area contributed by atoms with Gasteiger partial charge in [-0.2, -0.15) is 0 Å². The van der Waals surface area contributed by atoms with Crippen LogP contribution in [0.1, 0.15) is 168 Å². The van der Waals surface area contributed by atoms with Crippen molar-refractivity contribution >= 4 is 13.8 Å². The van der Waals surface area contributed by atoms with Crippen LogP contribution in [0.3, 0.4) is 0 Å². The molecule has 8 nitrogen and oxygen atoms in total. The summed E-state index contributed by atoms with van der Waals surface area (Å²) >= 11 is 0. The maximum Gasteiger partial charge on any atom is 0.306 e. The first-order valence-electron chi connectivity index (χ1n) is 20.7. The fraction of sp³-hybridized carbons (Fsp3) is 0.833. The zero-order valence-electron chi connectivity index (χ0n) is 33.8. The highest BCUT2D eigenvalue weighted by Gasteiger charge is 2.20. The van der Waals surface area contributed by atoms with Gasteiger partial charge in [-0.05, 0) is 64.2 Å². The molecule has 2 unspecified atom stereocenters. The number of allylic oxidation sites excluding steroid dienone is 6. The predicted molar refractivity (Wildman–Crippen MR) is 213 cm³/mol. The lowest BCUT2D eigenvalue weighted by Crippen LogP contribution is -2.37. The molecule has 0 aliphatic heterocycles. The van der Waals surface area contributed by atoms with Crippen LogP contribution in [0.25, 0.3) is 0 Å². The Kier molecular flexibility index (Phi) is 34.8. The third kappa shape index (κ3) is 39.8. The van der Waals surface area contributed by atoms with Gasteiger partial charge in [0, 0.05) is 13.0 Å². The van der Waals surface area contributed by atoms with Gasteiger partial charge in [0.05, 0.1) is 34.4 Å². The molecule has 300 valence electrons. The number of hydrogen-bond donors (Lipinski definition) is 0. The van der Waals surface area contributed by atoms with Crippen molar-refractivity contribution in [3.8, 4) is 0 Å². The molecule has 0 spiro atoms. The molecule has 2 atom stereocenters. The third-order valence-corrected chi connectivity index (χ3v) is 9.63. The summed E-state index contributed by atoms with van der Waals surface area (Å²) in [6.07, 6.45) is 40.1. The summed E-state index contributed by atoms with van der Waals surface area (Å²) < 4.78 is 34.5. The lowest BCUT2D eigenvalue weighted by atomic mass is 10.1. The van der Waals surface area contributed by atoms with Crippen molar-refractivity contribution in [2.75, 3.05) is 54.1 Å². The van der Waals surface area contributed by atoms with Gasteiger partial charge in [-0.25, -0.2) is 0 Å². The van der Waals surface area contributed by atoms with Gasteiger partial charge in [0.25, 0.3) is 7.82 Å². The number of phosphoric ester groups is 1. The first-order valence-corrected chi connectivity index (χ1v) is 22.2. The zero-order valence-corrected chi connectivity index (χ0v) is 34.7. The number of carbonyl (C=O) groups excluding carboxylic acids is 1. The summed E-state index contributed by atoms with van der Waals surface area (Å²) in [4.78, 5) is 24.9. The molecule has 0 amide bonds. The van der Waals surface area contributed by atoms with Crippen LogP contribution in [0, 0.1) is 0 Å². The maximum atomic E-state index is 12.6. The topological polar surface area (TPSA) is 94.1 Å². The summed E-state index contributed by atoms with van der Waals surface area (Å²) in [5, 5.41) is 0. The van der Waals surface area contributed by atoms with E-state index in [-0.39, 0.29) is 25.8 Å². The lowest BCUT2D eigenvalue weighted by molar-refractivity contribution is -0.870. The molecule has 0 N–H and O–H groups in total. The number of quaternary nitrogens is 1. The maximum absolute atomic E-state index is 12.6. The van der Waals surface area contributed by atoms with Crippen molar-refractivity contribution in [2.45, 2.75) is 174 Å². The van der Waals surface area contributed by atoms with E-state index in [2.05, 4.69) is 50.3 Å². The third-order valence-electron chi connectivity index (χ3n) is 8.66. The molecule has 0 fully saturated rings. The molecule has 0 aromatic heterocycles. The molecular weight excluding hydrogens is 661 g/mol. The minimum absolute atomic E-state index is 0.0229. The summed E-state index contributed by atoms with van der Waals surface area (Å²) in [7, 11) is 1.34. The normalized spacial score (nSPS) is 14.2. The molecule has 0 rings (SSSR count). The Labute approximate surface area is 315 Å². The molecule has 0 aliphatic carbocycles. The summed E-state index contributed by atoms with van der Waals surface area (Å²) in [5.41, 5.74) is 0. The van der Waals surface area contributed by atoms with Crippen molar-refractivity contribution in [3.63, 3.8) is 0 Å². The Bertz CT molecular complexity index is 915. The first kappa shape index (κ1) is 49.7. The molecule has 51 heavy (non-hydrogen) atoms. The van der Waals surface area contributed by atoms with E-state index in [1.807, 2.05) is 21.1 Å². The van der Waals surface area contributed by atoms with Crippen molar-refractivity contribution in [3.05, 3.63) is 36.5 Å². The highest BCUT2D eigenvalue weighted by Crippen LogP contribution is 2.38. The van der Waals surface area contributed by atoms with E-state index in [9.17, 15) is 14.3 Å². The Hall–Kier alpha value is -1.28. The molecule has 0 aromatic rings. The van der Waals surface area contributed by atoms with Crippen molar-refractivity contribution in [1.29, 1.82) is 0 Å². The number of esters is 1. The van der Waals surface area contributed by atoms with Crippen LogP contribution in [-0.4, -0.2) is 70.7 Å². The second kappa shape index (κ2) is 35.7. The zero-order chi connectivity index (χ0) is 37.7. The fourth-order valence-corrected chi connectivity index (χ4v) is 6.11. The van der Waals surface area contributed by atoms with E-state index in [0.29, 0.717) is 24.1 Å². The van der Waals surface area contributed by atoms with Crippen LogP contribution in [0.15, 0.2) is 36.5 Å². The smallest absolute Gasteiger partial charge is 0.306 e. The quantitative estimate of drug-likeness (QED) is 0.0204. The molecule has 0 heterocycles. The molecule has 0 aliphatic rings. The Morgan fingerprint density at radius 1 is 0.608 bits per heavy atom. The fourth-order valence-electron chi connectivity index (χ4n) is 5.38. The Morgan fingerprint density at radius 2 is 1.10 bits per heavy atom. The van der Waals surface area contributed by atoms with Gasteiger partial charge in [0.1, 0.15) is 19.3 Å². The van der Waals surface area contributed by atoms with Crippen molar-refractivity contribution < 1.29 is 37.3 Å². The molecule has 0 bridgehead atoms. The lowest BCUT2D eigenvalue weighted by Gasteiger charge is -2.28. The highest BCUT2D eigenvalue weighted by molar-refractivity contribution is 7.45. The van der Waals surface area contributed by atoms with E-state index < -0.39 is 13.9 Å². The van der Waals surface area contributed by atoms with Crippen LogP contribution < -0.4 is 4.89 Å². The van der Waals surface area contributed by atoms with Gasteiger partial charge in [-0.1, -0.05) is 134 Å². The monoisotopic (exact) mass is 742 g/mol. The molecular formula is C42H80NO7P.